The van der Waals surface area contributed by atoms with E-state index >= 15 is 0 Å². The van der Waals surface area contributed by atoms with Crippen LogP contribution in [0.15, 0.2) is 36.5 Å². The van der Waals surface area contributed by atoms with Crippen molar-refractivity contribution < 1.29 is 31.9 Å². The van der Waals surface area contributed by atoms with E-state index in [0.29, 0.717) is 0 Å². The van der Waals surface area contributed by atoms with Crippen LogP contribution in [0.5, 0.6) is 0 Å². The largest absolute Gasteiger partial charge is 0.366 e. The van der Waals surface area contributed by atoms with Crippen LogP contribution >= 0.6 is 11.6 Å². The van der Waals surface area contributed by atoms with Crippen molar-refractivity contribution >= 4 is 40.1 Å². The van der Waals surface area contributed by atoms with Gasteiger partial charge in [-0.2, -0.15) is 0 Å². The number of benzene rings is 2. The van der Waals surface area contributed by atoms with Crippen molar-refractivity contribution in [2.45, 2.75) is 38.0 Å². The van der Waals surface area contributed by atoms with Gasteiger partial charge in [-0.15, -0.1) is 0 Å². The number of amides is 2. The fourth-order valence-electron chi connectivity index (χ4n) is 4.38. The number of primary amides is 1. The number of Topliss-reactive ketones (excluding diaryl/α,β-unsaturated/α-hetero) is 1. The predicted molar refractivity (Wildman–Crippen MR) is 120 cm³/mol. The quantitative estimate of drug-likeness (QED) is 0.489. The summed E-state index contributed by atoms with van der Waals surface area (Å²) in [6.07, 6.45) is -0.575. The molecule has 35 heavy (non-hydrogen) atoms. The Labute approximate surface area is 202 Å². The maximum Gasteiger partial charge on any atom is 0.250 e. The van der Waals surface area contributed by atoms with Crippen LogP contribution in [0.3, 0.4) is 0 Å². The van der Waals surface area contributed by atoms with Gasteiger partial charge >= 0.3 is 0 Å². The number of hydrogen-bond acceptors (Lipinski definition) is 3. The summed E-state index contributed by atoms with van der Waals surface area (Å²) in [5, 5.41) is -0.0628. The summed E-state index contributed by atoms with van der Waals surface area (Å²) >= 11 is 5.76. The molecule has 2 amide bonds. The lowest BCUT2D eigenvalue weighted by molar-refractivity contribution is -0.138. The molecule has 1 fully saturated rings. The van der Waals surface area contributed by atoms with Gasteiger partial charge in [0.15, 0.2) is 17.4 Å². The monoisotopic (exact) mass is 509 g/mol. The van der Waals surface area contributed by atoms with E-state index in [0.717, 1.165) is 17.0 Å². The number of fused-ring (bicyclic) bond motifs is 1. The number of ketones is 1. The fourth-order valence-corrected chi connectivity index (χ4v) is 4.57. The van der Waals surface area contributed by atoms with E-state index < -0.39 is 53.8 Å². The summed E-state index contributed by atoms with van der Waals surface area (Å²) in [5.74, 6) is -5.02. The lowest BCUT2D eigenvalue weighted by Gasteiger charge is -2.24. The molecule has 0 spiro atoms. The molecule has 6 nitrogen and oxygen atoms in total. The zero-order valence-corrected chi connectivity index (χ0v) is 19.0. The first-order valence-electron chi connectivity index (χ1n) is 10.7. The summed E-state index contributed by atoms with van der Waals surface area (Å²) in [5.41, 5.74) is 5.47. The predicted octanol–water partition coefficient (Wildman–Crippen LogP) is 3.95. The Morgan fingerprint density at radius 3 is 2.54 bits per heavy atom. The van der Waals surface area contributed by atoms with Gasteiger partial charge in [-0.3, -0.25) is 14.4 Å². The molecular formula is C24H20ClF4N3O3. The molecule has 0 radical (unpaired) electrons. The maximum absolute atomic E-state index is 14.2. The second-order valence-corrected chi connectivity index (χ2v) is 8.80. The highest BCUT2D eigenvalue weighted by atomic mass is 35.5. The average molecular weight is 510 g/mol. The number of aryl methyl sites for hydroxylation is 1. The van der Waals surface area contributed by atoms with Crippen LogP contribution in [-0.2, 0) is 22.6 Å². The maximum atomic E-state index is 14.2. The van der Waals surface area contributed by atoms with Crippen LogP contribution in [0.25, 0.3) is 10.9 Å². The molecule has 1 saturated heterocycles. The van der Waals surface area contributed by atoms with E-state index in [2.05, 4.69) is 0 Å². The molecule has 0 bridgehead atoms. The Hall–Kier alpha value is -3.40. The van der Waals surface area contributed by atoms with Crippen LogP contribution in [0.4, 0.5) is 17.6 Å². The topological polar surface area (TPSA) is 85.4 Å². The third-order valence-corrected chi connectivity index (χ3v) is 6.40. The molecule has 184 valence electrons. The highest BCUT2D eigenvalue weighted by Crippen LogP contribution is 2.27. The van der Waals surface area contributed by atoms with Gasteiger partial charge in [-0.05, 0) is 24.1 Å². The number of nitrogens with two attached hydrogens (primary N) is 1. The molecule has 0 unspecified atom stereocenters. The molecule has 2 atom stereocenters. The van der Waals surface area contributed by atoms with Gasteiger partial charge < -0.3 is 15.2 Å². The number of hydrogen-bond donors (Lipinski definition) is 1. The molecule has 11 heteroatoms. The van der Waals surface area contributed by atoms with Crippen LogP contribution in [0.2, 0.25) is 5.02 Å². The van der Waals surface area contributed by atoms with Gasteiger partial charge in [0.25, 0.3) is 5.91 Å². The van der Waals surface area contributed by atoms with Gasteiger partial charge in [0.1, 0.15) is 18.5 Å². The first-order valence-corrected chi connectivity index (χ1v) is 11.1. The molecule has 0 aliphatic carbocycles. The molecule has 2 heterocycles. The minimum absolute atomic E-state index is 0.0187. The third-order valence-electron chi connectivity index (χ3n) is 6.11. The van der Waals surface area contributed by atoms with Crippen molar-refractivity contribution in [3.63, 3.8) is 0 Å². The minimum Gasteiger partial charge on any atom is -0.366 e. The first-order chi connectivity index (χ1) is 16.6. The molecular weight excluding hydrogens is 490 g/mol. The van der Waals surface area contributed by atoms with Gasteiger partial charge in [0.05, 0.1) is 28.7 Å². The van der Waals surface area contributed by atoms with Crippen molar-refractivity contribution in [2.24, 2.45) is 5.73 Å². The van der Waals surface area contributed by atoms with E-state index in [-0.39, 0.29) is 52.9 Å². The van der Waals surface area contributed by atoms with Crippen LogP contribution in [0.1, 0.15) is 28.8 Å². The van der Waals surface area contributed by atoms with Crippen LogP contribution in [-0.4, -0.2) is 45.8 Å². The summed E-state index contributed by atoms with van der Waals surface area (Å²) in [6, 6.07) is 4.98. The number of nitrogens with zero attached hydrogens (tertiary/aromatic N) is 2. The summed E-state index contributed by atoms with van der Waals surface area (Å²) in [7, 11) is 0. The molecule has 4 rings (SSSR count). The summed E-state index contributed by atoms with van der Waals surface area (Å²) in [4.78, 5) is 38.7. The smallest absolute Gasteiger partial charge is 0.250 e. The Kier molecular flexibility index (Phi) is 6.84. The SMILES string of the molecule is NC(=O)c1cn(CC(=O)N2C[C@H](F)C[C@H]2C(=O)CCc2cccc(Cl)c2F)c2cc(F)c(F)cc12. The van der Waals surface area contributed by atoms with Gasteiger partial charge in [0.2, 0.25) is 5.91 Å². The number of alkyl halides is 1. The van der Waals surface area contributed by atoms with Gasteiger partial charge in [-0.25, -0.2) is 17.6 Å². The molecule has 1 aliphatic rings. The van der Waals surface area contributed by atoms with Gasteiger partial charge in [-0.1, -0.05) is 23.7 Å². The molecule has 0 saturated carbocycles. The highest BCUT2D eigenvalue weighted by Gasteiger charge is 2.39. The van der Waals surface area contributed by atoms with E-state index in [4.69, 9.17) is 17.3 Å². The first kappa shape index (κ1) is 24.7. The van der Waals surface area contributed by atoms with Crippen LogP contribution in [0, 0.1) is 17.5 Å². The Balaban J connectivity index is 1.54. The number of rotatable bonds is 7. The van der Waals surface area contributed by atoms with Crippen molar-refractivity contribution in [1.82, 2.24) is 9.47 Å². The molecule has 2 N–H and O–H groups in total. The van der Waals surface area contributed by atoms with Crippen molar-refractivity contribution in [3.8, 4) is 0 Å². The van der Waals surface area contributed by atoms with E-state index in [9.17, 15) is 31.9 Å². The van der Waals surface area contributed by atoms with E-state index in [1.807, 2.05) is 0 Å². The molecule has 2 aromatic carbocycles. The standard InChI is InChI=1S/C24H20ClF4N3O3/c25-16-3-1-2-12(23(16)29)4-5-21(33)20-6-13(26)9-32(20)22(34)11-31-10-15(24(30)35)14-7-17(27)18(28)8-19(14)31/h1-3,7-8,10,13,20H,4-6,9,11H2,(H2,30,35)/t13-,20+/m1/s1. The number of likely N-dealkylation sites (tertiary alicyclic amines) is 1. The minimum atomic E-state index is -1.44. The molecule has 1 aromatic heterocycles. The van der Waals surface area contributed by atoms with Crippen molar-refractivity contribution in [3.05, 3.63) is 70.1 Å². The lowest BCUT2D eigenvalue weighted by Crippen LogP contribution is -2.42. The van der Waals surface area contributed by atoms with E-state index in [1.165, 1.54) is 22.9 Å². The number of halogens is 5. The third kappa shape index (κ3) is 4.88. The van der Waals surface area contributed by atoms with Crippen molar-refractivity contribution in [1.29, 1.82) is 0 Å². The lowest BCUT2D eigenvalue weighted by atomic mass is 10.0. The highest BCUT2D eigenvalue weighted by molar-refractivity contribution is 6.30. The fraction of sp³-hybridized carbons (Fsp3) is 0.292. The summed E-state index contributed by atoms with van der Waals surface area (Å²) < 4.78 is 57.1. The number of carbonyl (C=O) groups is 3. The second kappa shape index (κ2) is 9.69. The Morgan fingerprint density at radius 1 is 1.11 bits per heavy atom. The number of aromatic nitrogens is 1. The normalized spacial score (nSPS) is 17.8. The molecule has 1 aliphatic heterocycles. The number of carbonyl (C=O) groups excluding carboxylic acids is 3. The van der Waals surface area contributed by atoms with Gasteiger partial charge in [0, 0.05) is 30.5 Å². The average Bonchev–Trinajstić information content (AvgIpc) is 3.36. The van der Waals surface area contributed by atoms with E-state index in [1.54, 1.807) is 6.07 Å². The van der Waals surface area contributed by atoms with Crippen molar-refractivity contribution in [2.75, 3.05) is 6.54 Å². The zero-order valence-electron chi connectivity index (χ0n) is 18.2. The Bertz CT molecular complexity index is 1340. The zero-order chi connectivity index (χ0) is 25.4. The Morgan fingerprint density at radius 2 is 1.83 bits per heavy atom. The molecule has 3 aromatic rings. The second-order valence-electron chi connectivity index (χ2n) is 8.39. The van der Waals surface area contributed by atoms with Crippen LogP contribution < -0.4 is 5.73 Å². The summed E-state index contributed by atoms with van der Waals surface area (Å²) in [6.45, 7) is -0.792.